The molecule has 2 rings (SSSR count). The maximum atomic E-state index is 9.63. The molecule has 0 bridgehead atoms. The van der Waals surface area contributed by atoms with Crippen LogP contribution in [0.3, 0.4) is 0 Å². The van der Waals surface area contributed by atoms with Gasteiger partial charge in [0.05, 0.1) is 11.4 Å². The third kappa shape index (κ3) is 1.25. The molecule has 2 aromatic heterocycles. The fourth-order valence-electron chi connectivity index (χ4n) is 1.42. The van der Waals surface area contributed by atoms with Crippen molar-refractivity contribution in [2.75, 3.05) is 6.54 Å². The number of hydrogen-bond donors (Lipinski definition) is 2. The van der Waals surface area contributed by atoms with E-state index in [-0.39, 0.29) is 6.54 Å². The molecule has 3 N–H and O–H groups in total. The zero-order valence-corrected chi connectivity index (χ0v) is 8.08. The van der Waals surface area contributed by atoms with Gasteiger partial charge in [-0.1, -0.05) is 0 Å². The van der Waals surface area contributed by atoms with Crippen LogP contribution in [-0.2, 0) is 0 Å². The van der Waals surface area contributed by atoms with Crippen LogP contribution in [0.5, 0.6) is 0 Å². The number of thiazole rings is 1. The number of fused-ring (bicyclic) bond motifs is 1. The molecule has 70 valence electrons. The largest absolute Gasteiger partial charge is 0.385 e. The summed E-state index contributed by atoms with van der Waals surface area (Å²) in [6, 6.07) is 0. The highest BCUT2D eigenvalue weighted by Crippen LogP contribution is 2.21. The van der Waals surface area contributed by atoms with Gasteiger partial charge in [0.25, 0.3) is 0 Å². The van der Waals surface area contributed by atoms with E-state index in [2.05, 4.69) is 4.98 Å². The Labute approximate surface area is 79.6 Å². The SMILES string of the molecule is Cc1nc2sccn2c1C(O)CN. The van der Waals surface area contributed by atoms with E-state index in [1.165, 1.54) is 0 Å². The summed E-state index contributed by atoms with van der Waals surface area (Å²) in [6.45, 7) is 2.11. The molecule has 13 heavy (non-hydrogen) atoms. The first-order chi connectivity index (χ1) is 6.24. The first-order valence-electron chi connectivity index (χ1n) is 4.04. The normalized spacial score (nSPS) is 13.8. The van der Waals surface area contributed by atoms with Crippen molar-refractivity contribution in [3.05, 3.63) is 23.0 Å². The van der Waals surface area contributed by atoms with E-state index in [4.69, 9.17) is 5.73 Å². The van der Waals surface area contributed by atoms with Gasteiger partial charge in [0.15, 0.2) is 4.96 Å². The van der Waals surface area contributed by atoms with E-state index in [1.807, 2.05) is 22.9 Å². The van der Waals surface area contributed by atoms with Crippen LogP contribution in [0.25, 0.3) is 4.96 Å². The van der Waals surface area contributed by atoms with E-state index in [9.17, 15) is 5.11 Å². The molecule has 2 heterocycles. The van der Waals surface area contributed by atoms with Crippen molar-refractivity contribution >= 4 is 16.3 Å². The smallest absolute Gasteiger partial charge is 0.194 e. The average molecular weight is 197 g/mol. The van der Waals surface area contributed by atoms with Gasteiger partial charge in [-0.3, -0.25) is 4.40 Å². The van der Waals surface area contributed by atoms with Gasteiger partial charge < -0.3 is 10.8 Å². The molecule has 1 unspecified atom stereocenters. The van der Waals surface area contributed by atoms with E-state index < -0.39 is 6.10 Å². The zero-order chi connectivity index (χ0) is 9.42. The van der Waals surface area contributed by atoms with Crippen molar-refractivity contribution in [2.24, 2.45) is 5.73 Å². The Morgan fingerprint density at radius 1 is 1.77 bits per heavy atom. The topological polar surface area (TPSA) is 63.5 Å². The molecule has 1 atom stereocenters. The van der Waals surface area contributed by atoms with E-state index >= 15 is 0 Å². The quantitative estimate of drug-likeness (QED) is 0.744. The number of rotatable bonds is 2. The van der Waals surface area contributed by atoms with Crippen molar-refractivity contribution < 1.29 is 5.11 Å². The highest BCUT2D eigenvalue weighted by molar-refractivity contribution is 7.15. The van der Waals surface area contributed by atoms with Crippen LogP contribution in [0, 0.1) is 6.92 Å². The summed E-state index contributed by atoms with van der Waals surface area (Å²) in [5.74, 6) is 0. The standard InChI is InChI=1S/C8H11N3OS/c1-5-7(6(12)4-9)11-2-3-13-8(11)10-5/h2-3,6,12H,4,9H2,1H3. The van der Waals surface area contributed by atoms with Gasteiger partial charge in [0, 0.05) is 18.1 Å². The lowest BCUT2D eigenvalue weighted by Crippen LogP contribution is -2.14. The number of nitrogens with zero attached hydrogens (tertiary/aromatic N) is 2. The first kappa shape index (κ1) is 8.68. The third-order valence-electron chi connectivity index (χ3n) is 2.02. The molecule has 0 amide bonds. The summed E-state index contributed by atoms with van der Waals surface area (Å²) in [5.41, 5.74) is 7.06. The summed E-state index contributed by atoms with van der Waals surface area (Å²) < 4.78 is 1.89. The fourth-order valence-corrected chi connectivity index (χ4v) is 2.19. The molecule has 0 aliphatic heterocycles. The highest BCUT2D eigenvalue weighted by atomic mass is 32.1. The van der Waals surface area contributed by atoms with E-state index in [1.54, 1.807) is 11.3 Å². The lowest BCUT2D eigenvalue weighted by molar-refractivity contribution is 0.180. The summed E-state index contributed by atoms with van der Waals surface area (Å²) in [7, 11) is 0. The van der Waals surface area contributed by atoms with Crippen LogP contribution >= 0.6 is 11.3 Å². The van der Waals surface area contributed by atoms with Crippen LogP contribution in [0.1, 0.15) is 17.5 Å². The molecule has 5 heteroatoms. The molecular weight excluding hydrogens is 186 g/mol. The van der Waals surface area contributed by atoms with Crippen LogP contribution in [0.15, 0.2) is 11.6 Å². The van der Waals surface area contributed by atoms with Gasteiger partial charge in [0.1, 0.15) is 6.10 Å². The third-order valence-corrected chi connectivity index (χ3v) is 2.78. The predicted octanol–water partition coefficient (Wildman–Crippen LogP) is 0.696. The minimum Gasteiger partial charge on any atom is -0.385 e. The molecule has 0 aliphatic rings. The van der Waals surface area contributed by atoms with Gasteiger partial charge >= 0.3 is 0 Å². The van der Waals surface area contributed by atoms with Gasteiger partial charge in [0.2, 0.25) is 0 Å². The second-order valence-corrected chi connectivity index (χ2v) is 3.76. The Morgan fingerprint density at radius 3 is 3.23 bits per heavy atom. The molecule has 4 nitrogen and oxygen atoms in total. The summed E-state index contributed by atoms with van der Waals surface area (Å²) in [6.07, 6.45) is 1.28. The number of aliphatic hydroxyl groups is 1. The predicted molar refractivity (Wildman–Crippen MR) is 51.8 cm³/mol. The lowest BCUT2D eigenvalue weighted by Gasteiger charge is -2.06. The van der Waals surface area contributed by atoms with E-state index in [0.29, 0.717) is 0 Å². The molecule has 0 fully saturated rings. The number of hydrogen-bond acceptors (Lipinski definition) is 4. The van der Waals surface area contributed by atoms with Gasteiger partial charge in [-0.25, -0.2) is 4.98 Å². The maximum absolute atomic E-state index is 9.63. The summed E-state index contributed by atoms with van der Waals surface area (Å²) in [5, 5.41) is 11.6. The Kier molecular flexibility index (Phi) is 2.07. The number of aliphatic hydroxyl groups excluding tert-OH is 1. The summed E-state index contributed by atoms with van der Waals surface area (Å²) in [4.78, 5) is 5.21. The first-order valence-corrected chi connectivity index (χ1v) is 4.92. The van der Waals surface area contributed by atoms with Gasteiger partial charge in [-0.05, 0) is 6.92 Å². The van der Waals surface area contributed by atoms with Crippen molar-refractivity contribution in [2.45, 2.75) is 13.0 Å². The number of aromatic nitrogens is 2. The average Bonchev–Trinajstić information content (AvgIpc) is 2.62. The second-order valence-electron chi connectivity index (χ2n) is 2.89. The van der Waals surface area contributed by atoms with Crippen LogP contribution in [0.4, 0.5) is 0 Å². The molecule has 0 saturated heterocycles. The van der Waals surface area contributed by atoms with Crippen molar-refractivity contribution in [3.63, 3.8) is 0 Å². The van der Waals surface area contributed by atoms with Crippen molar-refractivity contribution in [3.8, 4) is 0 Å². The van der Waals surface area contributed by atoms with Crippen molar-refractivity contribution in [1.82, 2.24) is 9.38 Å². The summed E-state index contributed by atoms with van der Waals surface area (Å²) >= 11 is 1.55. The number of imidazole rings is 1. The number of aryl methyl sites for hydroxylation is 1. The lowest BCUT2D eigenvalue weighted by atomic mass is 10.2. The molecule has 2 aromatic rings. The van der Waals surface area contributed by atoms with E-state index in [0.717, 1.165) is 16.3 Å². The molecule has 0 radical (unpaired) electrons. The minimum atomic E-state index is -0.621. The molecule has 0 saturated carbocycles. The molecule has 0 spiro atoms. The van der Waals surface area contributed by atoms with Gasteiger partial charge in [-0.2, -0.15) is 0 Å². The zero-order valence-electron chi connectivity index (χ0n) is 7.27. The molecular formula is C8H11N3OS. The monoisotopic (exact) mass is 197 g/mol. The minimum absolute atomic E-state index is 0.227. The number of nitrogens with two attached hydrogens (primary N) is 1. The van der Waals surface area contributed by atoms with Gasteiger partial charge in [-0.15, -0.1) is 11.3 Å². The fraction of sp³-hybridized carbons (Fsp3) is 0.375. The maximum Gasteiger partial charge on any atom is 0.194 e. The van der Waals surface area contributed by atoms with Crippen LogP contribution < -0.4 is 5.73 Å². The second kappa shape index (κ2) is 3.10. The van der Waals surface area contributed by atoms with Crippen LogP contribution in [0.2, 0.25) is 0 Å². The Morgan fingerprint density at radius 2 is 2.54 bits per heavy atom. The van der Waals surface area contributed by atoms with Crippen molar-refractivity contribution in [1.29, 1.82) is 0 Å². The van der Waals surface area contributed by atoms with Crippen LogP contribution in [-0.4, -0.2) is 21.0 Å². The Bertz CT molecular complexity index is 420. The Balaban J connectivity index is 2.63. The Hall–Kier alpha value is -0.910. The molecule has 0 aromatic carbocycles. The molecule has 0 aliphatic carbocycles. The highest BCUT2D eigenvalue weighted by Gasteiger charge is 2.15.